The minimum atomic E-state index is 0.0417. The second-order valence-corrected chi connectivity index (χ2v) is 5.93. The molecule has 0 radical (unpaired) electrons. The van der Waals surface area contributed by atoms with Gasteiger partial charge in [0.25, 0.3) is 0 Å². The van der Waals surface area contributed by atoms with Crippen LogP contribution >= 0.6 is 0 Å². The van der Waals surface area contributed by atoms with Crippen molar-refractivity contribution in [3.05, 3.63) is 11.9 Å². The first kappa shape index (κ1) is 15.7. The van der Waals surface area contributed by atoms with Crippen molar-refractivity contribution in [2.45, 2.75) is 65.8 Å². The standard InChI is InChI=1S/C15H28N4/c1-7-9-16-13-12(11(3)4)14(18-10-17-13)19-15(5,6)8-2/h10-11H,7-9H2,1-6H3,(H2,16,17,18,19). The molecule has 0 atom stereocenters. The van der Waals surface area contributed by atoms with Crippen molar-refractivity contribution >= 4 is 11.6 Å². The number of rotatable bonds is 7. The highest BCUT2D eigenvalue weighted by molar-refractivity contribution is 5.59. The lowest BCUT2D eigenvalue weighted by atomic mass is 9.99. The van der Waals surface area contributed by atoms with Crippen molar-refractivity contribution in [1.82, 2.24) is 9.97 Å². The van der Waals surface area contributed by atoms with Crippen LogP contribution in [-0.2, 0) is 0 Å². The molecule has 0 spiro atoms. The molecule has 0 aromatic carbocycles. The topological polar surface area (TPSA) is 49.8 Å². The molecule has 0 unspecified atom stereocenters. The van der Waals surface area contributed by atoms with Crippen molar-refractivity contribution in [2.24, 2.45) is 0 Å². The Kier molecular flexibility index (Phi) is 5.58. The molecule has 2 N–H and O–H groups in total. The highest BCUT2D eigenvalue weighted by Gasteiger charge is 2.20. The Labute approximate surface area is 117 Å². The van der Waals surface area contributed by atoms with Crippen LogP contribution in [0.3, 0.4) is 0 Å². The Morgan fingerprint density at radius 3 is 2.32 bits per heavy atom. The van der Waals surface area contributed by atoms with Crippen molar-refractivity contribution in [2.75, 3.05) is 17.2 Å². The van der Waals surface area contributed by atoms with Gasteiger partial charge in [-0.05, 0) is 32.6 Å². The van der Waals surface area contributed by atoms with Crippen LogP contribution in [0.4, 0.5) is 11.6 Å². The summed E-state index contributed by atoms with van der Waals surface area (Å²) in [6, 6.07) is 0. The van der Waals surface area contributed by atoms with Gasteiger partial charge in [0.15, 0.2) is 0 Å². The molecular weight excluding hydrogens is 236 g/mol. The summed E-state index contributed by atoms with van der Waals surface area (Å²) >= 11 is 0. The van der Waals surface area contributed by atoms with Crippen molar-refractivity contribution < 1.29 is 0 Å². The van der Waals surface area contributed by atoms with E-state index in [4.69, 9.17) is 0 Å². The molecule has 1 rings (SSSR count). The van der Waals surface area contributed by atoms with Gasteiger partial charge in [0, 0.05) is 17.6 Å². The van der Waals surface area contributed by atoms with Gasteiger partial charge in [-0.3, -0.25) is 0 Å². The predicted molar refractivity (Wildman–Crippen MR) is 82.9 cm³/mol. The molecule has 0 saturated carbocycles. The lowest BCUT2D eigenvalue weighted by Gasteiger charge is -2.28. The number of nitrogens with one attached hydrogen (secondary N) is 2. The van der Waals surface area contributed by atoms with Gasteiger partial charge in [0.2, 0.25) is 0 Å². The van der Waals surface area contributed by atoms with Gasteiger partial charge in [0.1, 0.15) is 18.0 Å². The Morgan fingerprint density at radius 1 is 1.16 bits per heavy atom. The van der Waals surface area contributed by atoms with Crippen LogP contribution in [0.2, 0.25) is 0 Å². The van der Waals surface area contributed by atoms with Gasteiger partial charge in [-0.15, -0.1) is 0 Å². The first-order valence-electron chi connectivity index (χ1n) is 7.28. The van der Waals surface area contributed by atoms with Crippen LogP contribution in [0.5, 0.6) is 0 Å². The number of hydrogen-bond acceptors (Lipinski definition) is 4. The number of hydrogen-bond donors (Lipinski definition) is 2. The van der Waals surface area contributed by atoms with Gasteiger partial charge in [-0.1, -0.05) is 27.7 Å². The van der Waals surface area contributed by atoms with E-state index < -0.39 is 0 Å². The van der Waals surface area contributed by atoms with Crippen LogP contribution in [0.15, 0.2) is 6.33 Å². The minimum absolute atomic E-state index is 0.0417. The number of anilines is 2. The number of aromatic nitrogens is 2. The van der Waals surface area contributed by atoms with E-state index >= 15 is 0 Å². The molecule has 4 heteroatoms. The highest BCUT2D eigenvalue weighted by Crippen LogP contribution is 2.30. The maximum Gasteiger partial charge on any atom is 0.135 e. The minimum Gasteiger partial charge on any atom is -0.370 e. The van der Waals surface area contributed by atoms with E-state index in [2.05, 4.69) is 62.1 Å². The summed E-state index contributed by atoms with van der Waals surface area (Å²) in [5.74, 6) is 2.30. The molecule has 0 saturated heterocycles. The molecule has 0 aliphatic heterocycles. The third-order valence-corrected chi connectivity index (χ3v) is 3.34. The maximum absolute atomic E-state index is 4.44. The lowest BCUT2D eigenvalue weighted by Crippen LogP contribution is -2.31. The van der Waals surface area contributed by atoms with Gasteiger partial charge in [-0.2, -0.15) is 0 Å². The molecule has 0 aliphatic carbocycles. The fourth-order valence-corrected chi connectivity index (χ4v) is 1.84. The van der Waals surface area contributed by atoms with Crippen LogP contribution < -0.4 is 10.6 Å². The average molecular weight is 264 g/mol. The first-order chi connectivity index (χ1) is 8.91. The fourth-order valence-electron chi connectivity index (χ4n) is 1.84. The van der Waals surface area contributed by atoms with E-state index in [9.17, 15) is 0 Å². The molecule has 1 aromatic heterocycles. The van der Waals surface area contributed by atoms with Gasteiger partial charge >= 0.3 is 0 Å². The molecule has 1 aromatic rings. The second kappa shape index (κ2) is 6.73. The van der Waals surface area contributed by atoms with E-state index in [1.54, 1.807) is 6.33 Å². The predicted octanol–water partition coefficient (Wildman–Crippen LogP) is 4.02. The Bertz CT molecular complexity index is 399. The average Bonchev–Trinajstić information content (AvgIpc) is 2.35. The van der Waals surface area contributed by atoms with Gasteiger partial charge in [-0.25, -0.2) is 9.97 Å². The zero-order chi connectivity index (χ0) is 14.5. The summed E-state index contributed by atoms with van der Waals surface area (Å²) < 4.78 is 0. The zero-order valence-corrected chi connectivity index (χ0v) is 13.2. The van der Waals surface area contributed by atoms with Crippen LogP contribution in [-0.4, -0.2) is 22.1 Å². The summed E-state index contributed by atoms with van der Waals surface area (Å²) in [4.78, 5) is 8.83. The molecule has 19 heavy (non-hydrogen) atoms. The van der Waals surface area contributed by atoms with E-state index in [1.165, 1.54) is 5.56 Å². The molecule has 0 amide bonds. The smallest absolute Gasteiger partial charge is 0.135 e. The lowest BCUT2D eigenvalue weighted by molar-refractivity contribution is 0.543. The Balaban J connectivity index is 3.09. The Hall–Kier alpha value is -1.32. The number of nitrogens with zero attached hydrogens (tertiary/aromatic N) is 2. The zero-order valence-electron chi connectivity index (χ0n) is 13.2. The van der Waals surface area contributed by atoms with Gasteiger partial charge < -0.3 is 10.6 Å². The molecule has 0 bridgehead atoms. The quantitative estimate of drug-likeness (QED) is 0.781. The van der Waals surface area contributed by atoms with Crippen molar-refractivity contribution in [3.63, 3.8) is 0 Å². The summed E-state index contributed by atoms with van der Waals surface area (Å²) in [5.41, 5.74) is 1.22. The summed E-state index contributed by atoms with van der Waals surface area (Å²) in [5, 5.41) is 6.94. The van der Waals surface area contributed by atoms with Crippen molar-refractivity contribution in [1.29, 1.82) is 0 Å². The van der Waals surface area contributed by atoms with Crippen LogP contribution in [0.1, 0.15) is 65.9 Å². The summed E-state index contributed by atoms with van der Waals surface area (Å²) in [6.45, 7) is 14.0. The van der Waals surface area contributed by atoms with Crippen molar-refractivity contribution in [3.8, 4) is 0 Å². The third kappa shape index (κ3) is 4.37. The SMILES string of the molecule is CCCNc1ncnc(NC(C)(C)CC)c1C(C)C. The largest absolute Gasteiger partial charge is 0.370 e. The molecule has 4 nitrogen and oxygen atoms in total. The molecule has 108 valence electrons. The first-order valence-corrected chi connectivity index (χ1v) is 7.28. The maximum atomic E-state index is 4.44. The van der Waals surface area contributed by atoms with Crippen LogP contribution in [0, 0.1) is 0 Å². The van der Waals surface area contributed by atoms with Crippen LogP contribution in [0.25, 0.3) is 0 Å². The van der Waals surface area contributed by atoms with E-state index in [1.807, 2.05) is 0 Å². The summed E-state index contributed by atoms with van der Waals surface area (Å²) in [7, 11) is 0. The third-order valence-electron chi connectivity index (χ3n) is 3.34. The molecule has 0 aliphatic rings. The highest BCUT2D eigenvalue weighted by atomic mass is 15.1. The fraction of sp³-hybridized carbons (Fsp3) is 0.733. The summed E-state index contributed by atoms with van der Waals surface area (Å²) in [6.07, 6.45) is 3.77. The normalized spacial score (nSPS) is 11.7. The second-order valence-electron chi connectivity index (χ2n) is 5.93. The molecule has 0 fully saturated rings. The molecular formula is C15H28N4. The van der Waals surface area contributed by atoms with E-state index in [0.717, 1.165) is 31.0 Å². The van der Waals surface area contributed by atoms with E-state index in [-0.39, 0.29) is 5.54 Å². The molecule has 1 heterocycles. The Morgan fingerprint density at radius 2 is 1.79 bits per heavy atom. The van der Waals surface area contributed by atoms with E-state index in [0.29, 0.717) is 5.92 Å². The van der Waals surface area contributed by atoms with Gasteiger partial charge in [0.05, 0.1) is 0 Å². The monoisotopic (exact) mass is 264 g/mol.